The molecule has 0 amide bonds. The van der Waals surface area contributed by atoms with Gasteiger partial charge in [-0.3, -0.25) is 4.79 Å². The first-order valence-corrected chi connectivity index (χ1v) is 12.1. The summed E-state index contributed by atoms with van der Waals surface area (Å²) < 4.78 is 5.98. The maximum Gasteiger partial charge on any atom is 0.303 e. The first-order chi connectivity index (χ1) is 17.1. The van der Waals surface area contributed by atoms with E-state index in [9.17, 15) is 9.90 Å². The van der Waals surface area contributed by atoms with Gasteiger partial charge in [0.25, 0.3) is 0 Å². The van der Waals surface area contributed by atoms with Crippen molar-refractivity contribution in [1.29, 1.82) is 0 Å². The highest BCUT2D eigenvalue weighted by molar-refractivity contribution is 5.83. The van der Waals surface area contributed by atoms with Gasteiger partial charge in [-0.2, -0.15) is 0 Å². The van der Waals surface area contributed by atoms with Crippen LogP contribution in [0, 0.1) is 0 Å². The summed E-state index contributed by atoms with van der Waals surface area (Å²) >= 11 is 0. The van der Waals surface area contributed by atoms with Crippen LogP contribution in [-0.2, 0) is 17.8 Å². The summed E-state index contributed by atoms with van der Waals surface area (Å²) in [4.78, 5) is 14.6. The second kappa shape index (κ2) is 12.2. The zero-order chi connectivity index (χ0) is 24.5. The molecule has 0 spiro atoms. The van der Waals surface area contributed by atoms with Crippen molar-refractivity contribution in [3.63, 3.8) is 0 Å². The topological polar surface area (TPSA) is 100 Å². The Labute approximate surface area is 206 Å². The number of para-hydroxylation sites is 1. The summed E-state index contributed by atoms with van der Waals surface area (Å²) in [6.07, 6.45) is 4.25. The van der Waals surface area contributed by atoms with Gasteiger partial charge in [0.2, 0.25) is 0 Å². The molecule has 6 nitrogen and oxygen atoms in total. The molecule has 1 aromatic heterocycles. The number of nitrogens with one attached hydrogen (secondary N) is 2. The number of aryl methyl sites for hydroxylation is 1. The lowest BCUT2D eigenvalue weighted by Crippen LogP contribution is -2.39. The summed E-state index contributed by atoms with van der Waals surface area (Å²) in [5.74, 6) is 0.0509. The molecule has 0 saturated heterocycles. The van der Waals surface area contributed by atoms with Crippen molar-refractivity contribution in [3.8, 4) is 5.75 Å². The van der Waals surface area contributed by atoms with Crippen LogP contribution in [0.2, 0.25) is 0 Å². The van der Waals surface area contributed by atoms with Gasteiger partial charge in [0.05, 0.1) is 0 Å². The van der Waals surface area contributed by atoms with E-state index in [1.165, 1.54) is 5.56 Å². The maximum atomic E-state index is 11.3. The molecule has 182 valence electrons. The highest BCUT2D eigenvalue weighted by Gasteiger charge is 2.20. The number of carbonyl (C=O) groups is 1. The number of hydrogen-bond donors (Lipinski definition) is 4. The average molecular weight is 472 g/mol. The zero-order valence-electron chi connectivity index (χ0n) is 19.8. The first-order valence-electron chi connectivity index (χ1n) is 12.1. The Hall–Kier alpha value is -3.61. The summed E-state index contributed by atoms with van der Waals surface area (Å²) in [7, 11) is 0. The molecule has 0 aliphatic rings. The van der Waals surface area contributed by atoms with Crippen LogP contribution in [0.1, 0.15) is 42.0 Å². The number of aliphatic carboxylic acids is 1. The van der Waals surface area contributed by atoms with Gasteiger partial charge in [0.1, 0.15) is 12.4 Å². The highest BCUT2D eigenvalue weighted by Crippen LogP contribution is 2.28. The molecule has 6 heteroatoms. The number of carboxylic acid groups (broad SMARTS) is 1. The Morgan fingerprint density at radius 2 is 1.74 bits per heavy atom. The molecular weight excluding hydrogens is 438 g/mol. The molecule has 3 aromatic carbocycles. The molecule has 1 unspecified atom stereocenters. The molecule has 5 N–H and O–H groups in total. The third-order valence-corrected chi connectivity index (χ3v) is 6.29. The largest absolute Gasteiger partial charge is 0.489 e. The van der Waals surface area contributed by atoms with E-state index in [0.29, 0.717) is 19.6 Å². The minimum atomic E-state index is -0.798. The minimum absolute atomic E-state index is 0.0522. The van der Waals surface area contributed by atoms with E-state index in [0.717, 1.165) is 40.6 Å². The van der Waals surface area contributed by atoms with Gasteiger partial charge >= 0.3 is 5.97 Å². The van der Waals surface area contributed by atoms with Gasteiger partial charge in [0, 0.05) is 42.1 Å². The summed E-state index contributed by atoms with van der Waals surface area (Å²) in [6, 6.07) is 26.3. The van der Waals surface area contributed by atoms with Crippen LogP contribution in [0.4, 0.5) is 0 Å². The number of aromatic nitrogens is 1. The number of carboxylic acids is 1. The predicted octanol–water partition coefficient (Wildman–Crippen LogP) is 5.20. The van der Waals surface area contributed by atoms with Crippen LogP contribution in [0.15, 0.2) is 85.1 Å². The lowest BCUT2D eigenvalue weighted by Gasteiger charge is -2.25. The smallest absolute Gasteiger partial charge is 0.303 e. The molecule has 2 atom stereocenters. The van der Waals surface area contributed by atoms with Crippen molar-refractivity contribution in [1.82, 2.24) is 10.3 Å². The predicted molar refractivity (Wildman–Crippen MR) is 139 cm³/mol. The van der Waals surface area contributed by atoms with Crippen molar-refractivity contribution in [2.75, 3.05) is 6.54 Å². The number of aromatic amines is 1. The first kappa shape index (κ1) is 24.5. The van der Waals surface area contributed by atoms with Crippen LogP contribution in [-0.4, -0.2) is 28.6 Å². The van der Waals surface area contributed by atoms with E-state index < -0.39 is 5.97 Å². The number of hydrogen-bond acceptors (Lipinski definition) is 4. The van der Waals surface area contributed by atoms with E-state index in [1.807, 2.05) is 54.7 Å². The molecule has 4 aromatic rings. The molecule has 0 saturated carbocycles. The fourth-order valence-corrected chi connectivity index (χ4v) is 4.41. The Kier molecular flexibility index (Phi) is 8.54. The van der Waals surface area contributed by atoms with Crippen LogP contribution in [0.5, 0.6) is 5.75 Å². The second-order valence-electron chi connectivity index (χ2n) is 8.83. The lowest BCUT2D eigenvalue weighted by molar-refractivity contribution is -0.137. The maximum absolute atomic E-state index is 11.3. The van der Waals surface area contributed by atoms with Crippen molar-refractivity contribution < 1.29 is 14.6 Å². The summed E-state index contributed by atoms with van der Waals surface area (Å²) in [5.41, 5.74) is 10.6. The number of H-pyrrole nitrogens is 1. The third kappa shape index (κ3) is 6.94. The van der Waals surface area contributed by atoms with Gasteiger partial charge in [-0.05, 0) is 54.2 Å². The number of nitrogens with two attached hydrogens (primary N) is 1. The minimum Gasteiger partial charge on any atom is -0.489 e. The molecule has 1 heterocycles. The molecule has 35 heavy (non-hydrogen) atoms. The fourth-order valence-electron chi connectivity index (χ4n) is 4.41. The number of benzene rings is 3. The Balaban J connectivity index is 1.39. The van der Waals surface area contributed by atoms with Gasteiger partial charge in [-0.25, -0.2) is 0 Å². The molecule has 0 fully saturated rings. The van der Waals surface area contributed by atoms with Crippen LogP contribution >= 0.6 is 0 Å². The lowest BCUT2D eigenvalue weighted by atomic mass is 9.98. The number of fused-ring (bicyclic) bond motifs is 1. The average Bonchev–Trinajstić information content (AvgIpc) is 3.32. The van der Waals surface area contributed by atoms with E-state index in [1.54, 1.807) is 0 Å². The Bertz CT molecular complexity index is 1220. The van der Waals surface area contributed by atoms with Crippen LogP contribution in [0.3, 0.4) is 0 Å². The normalized spacial score (nSPS) is 12.9. The van der Waals surface area contributed by atoms with Crippen molar-refractivity contribution in [2.45, 2.75) is 44.4 Å². The van der Waals surface area contributed by atoms with Gasteiger partial charge in [-0.1, -0.05) is 60.7 Å². The highest BCUT2D eigenvalue weighted by atomic mass is 16.5. The number of ether oxygens (including phenoxy) is 1. The van der Waals surface area contributed by atoms with Crippen molar-refractivity contribution in [2.24, 2.45) is 5.73 Å². The van der Waals surface area contributed by atoms with Crippen molar-refractivity contribution >= 4 is 16.9 Å². The van der Waals surface area contributed by atoms with Crippen LogP contribution in [0.25, 0.3) is 10.9 Å². The number of rotatable bonds is 13. The molecule has 0 radical (unpaired) electrons. The zero-order valence-corrected chi connectivity index (χ0v) is 19.8. The van der Waals surface area contributed by atoms with Crippen LogP contribution < -0.4 is 15.8 Å². The fraction of sp³-hybridized carbons (Fsp3) is 0.276. The second-order valence-corrected chi connectivity index (χ2v) is 8.83. The Morgan fingerprint density at radius 1 is 0.971 bits per heavy atom. The van der Waals surface area contributed by atoms with Gasteiger partial charge in [0.15, 0.2) is 0 Å². The van der Waals surface area contributed by atoms with Gasteiger partial charge in [-0.15, -0.1) is 0 Å². The van der Waals surface area contributed by atoms with E-state index in [4.69, 9.17) is 10.5 Å². The molecule has 4 rings (SSSR count). The summed E-state index contributed by atoms with van der Waals surface area (Å²) in [5, 5.41) is 14.0. The standard InChI is InChI=1S/C29H33N3O3/c30-18-23(14-13-21-9-6-10-24(17-21)35-20-22-7-2-1-3-8-22)32-28(15-16-29(33)34)26-19-31-27-12-5-4-11-25(26)27/h1-12,17,19,23,28,31-32H,13-16,18,20,30H2,(H,33,34)/t23?,28-/m0/s1. The van der Waals surface area contributed by atoms with E-state index in [2.05, 4.69) is 40.6 Å². The van der Waals surface area contributed by atoms with Gasteiger partial charge < -0.3 is 25.9 Å². The molecular formula is C29H33N3O3. The molecule has 0 bridgehead atoms. The monoisotopic (exact) mass is 471 g/mol. The van der Waals surface area contributed by atoms with E-state index in [-0.39, 0.29) is 18.5 Å². The molecule has 0 aliphatic heterocycles. The Morgan fingerprint density at radius 3 is 2.54 bits per heavy atom. The van der Waals surface area contributed by atoms with E-state index >= 15 is 0 Å². The summed E-state index contributed by atoms with van der Waals surface area (Å²) in [6.45, 7) is 1.00. The molecule has 0 aliphatic carbocycles. The third-order valence-electron chi connectivity index (χ3n) is 6.29. The van der Waals surface area contributed by atoms with Crippen molar-refractivity contribution in [3.05, 3.63) is 102 Å². The SMILES string of the molecule is NCC(CCc1cccc(OCc2ccccc2)c1)N[C@@H](CCC(=O)O)c1c[nH]c2ccccc12. The quantitative estimate of drug-likeness (QED) is 0.215.